The van der Waals surface area contributed by atoms with Crippen LogP contribution in [0.5, 0.6) is 5.75 Å². The van der Waals surface area contributed by atoms with Gasteiger partial charge in [-0.1, -0.05) is 0 Å². The number of hydrogen-bond donors (Lipinski definition) is 0. The molecule has 0 amide bonds. The smallest absolute Gasteiger partial charge is 0.161 e. The molecule has 0 N–H and O–H groups in total. The van der Waals surface area contributed by atoms with E-state index in [0.717, 1.165) is 48.2 Å². The van der Waals surface area contributed by atoms with Gasteiger partial charge in [-0.05, 0) is 31.2 Å². The van der Waals surface area contributed by atoms with Crippen LogP contribution >= 0.6 is 0 Å². The second-order valence-electron chi connectivity index (χ2n) is 6.09. The van der Waals surface area contributed by atoms with E-state index in [1.165, 1.54) is 0 Å². The molecular weight excluding hydrogens is 314 g/mol. The molecule has 6 nitrogen and oxygen atoms in total. The van der Waals surface area contributed by atoms with Crippen molar-refractivity contribution in [2.45, 2.75) is 19.4 Å². The molecule has 1 unspecified atom stereocenters. The summed E-state index contributed by atoms with van der Waals surface area (Å²) in [4.78, 5) is 19.7. The van der Waals surface area contributed by atoms with Crippen molar-refractivity contribution in [3.05, 3.63) is 60.8 Å². The van der Waals surface area contributed by atoms with E-state index >= 15 is 0 Å². The van der Waals surface area contributed by atoms with Crippen LogP contribution in [-0.2, 0) is 0 Å². The van der Waals surface area contributed by atoms with Gasteiger partial charge in [0, 0.05) is 48.9 Å². The van der Waals surface area contributed by atoms with E-state index in [2.05, 4.69) is 19.9 Å². The van der Waals surface area contributed by atoms with Gasteiger partial charge in [-0.2, -0.15) is 0 Å². The maximum atomic E-state index is 6.02. The Morgan fingerprint density at radius 1 is 1.08 bits per heavy atom. The summed E-state index contributed by atoms with van der Waals surface area (Å²) in [7, 11) is 0. The van der Waals surface area contributed by atoms with Crippen LogP contribution in [0.25, 0.3) is 11.4 Å². The zero-order valence-electron chi connectivity index (χ0n) is 14.0. The quantitative estimate of drug-likeness (QED) is 0.731. The minimum Gasteiger partial charge on any atom is -0.487 e. The zero-order chi connectivity index (χ0) is 17.1. The number of ether oxygens (including phenoxy) is 1. The number of hydrogen-bond acceptors (Lipinski definition) is 6. The molecule has 1 saturated heterocycles. The lowest BCUT2D eigenvalue weighted by molar-refractivity contribution is 0.224. The Morgan fingerprint density at radius 2 is 1.96 bits per heavy atom. The third kappa shape index (κ3) is 3.57. The third-order valence-corrected chi connectivity index (χ3v) is 4.19. The Morgan fingerprint density at radius 3 is 2.76 bits per heavy atom. The summed E-state index contributed by atoms with van der Waals surface area (Å²) < 4.78 is 6.02. The summed E-state index contributed by atoms with van der Waals surface area (Å²) in [6.07, 6.45) is 8.12. The second kappa shape index (κ2) is 6.84. The van der Waals surface area contributed by atoms with Crippen molar-refractivity contribution >= 4 is 5.82 Å². The minimum atomic E-state index is 0.142. The Labute approximate surface area is 146 Å². The molecule has 6 heteroatoms. The average Bonchev–Trinajstić information content (AvgIpc) is 3.11. The first-order valence-corrected chi connectivity index (χ1v) is 8.35. The zero-order valence-corrected chi connectivity index (χ0v) is 14.0. The van der Waals surface area contributed by atoms with Crippen molar-refractivity contribution in [3.8, 4) is 17.1 Å². The monoisotopic (exact) mass is 333 g/mol. The predicted molar refractivity (Wildman–Crippen MR) is 95.5 cm³/mol. The summed E-state index contributed by atoms with van der Waals surface area (Å²) in [5.74, 6) is 2.48. The fraction of sp³-hybridized carbons (Fsp3) is 0.263. The van der Waals surface area contributed by atoms with E-state index < -0.39 is 0 Å². The van der Waals surface area contributed by atoms with Crippen molar-refractivity contribution in [3.63, 3.8) is 0 Å². The molecule has 3 aromatic rings. The highest BCUT2D eigenvalue weighted by Gasteiger charge is 2.25. The molecule has 4 heterocycles. The van der Waals surface area contributed by atoms with Crippen LogP contribution in [0.3, 0.4) is 0 Å². The topological polar surface area (TPSA) is 64.0 Å². The first-order valence-electron chi connectivity index (χ1n) is 8.35. The molecule has 0 aromatic carbocycles. The van der Waals surface area contributed by atoms with Crippen molar-refractivity contribution in [1.82, 2.24) is 19.9 Å². The molecule has 0 radical (unpaired) electrons. The van der Waals surface area contributed by atoms with Crippen LogP contribution < -0.4 is 9.64 Å². The lowest BCUT2D eigenvalue weighted by Gasteiger charge is -2.19. The van der Waals surface area contributed by atoms with Crippen LogP contribution in [0.4, 0.5) is 5.82 Å². The van der Waals surface area contributed by atoms with Gasteiger partial charge in [0.1, 0.15) is 17.7 Å². The highest BCUT2D eigenvalue weighted by Crippen LogP contribution is 2.24. The Kier molecular flexibility index (Phi) is 4.24. The standard InChI is InChI=1S/C19H19N5O/c1-14-11-18(23-19(22-14)15-4-8-20-9-5-15)24-10-6-17(13-24)25-16-3-2-7-21-12-16/h2-5,7-9,11-12,17H,6,10,13H2,1H3. The predicted octanol–water partition coefficient (Wildman–Crippen LogP) is 2.90. The number of aryl methyl sites for hydroxylation is 1. The fourth-order valence-electron chi connectivity index (χ4n) is 2.99. The molecule has 0 aliphatic carbocycles. The maximum Gasteiger partial charge on any atom is 0.161 e. The molecule has 3 aromatic heterocycles. The van der Waals surface area contributed by atoms with E-state index in [0.29, 0.717) is 0 Å². The molecule has 126 valence electrons. The van der Waals surface area contributed by atoms with E-state index in [4.69, 9.17) is 9.72 Å². The second-order valence-corrected chi connectivity index (χ2v) is 6.09. The molecule has 0 saturated carbocycles. The minimum absolute atomic E-state index is 0.142. The van der Waals surface area contributed by atoms with Gasteiger partial charge in [0.05, 0.1) is 12.7 Å². The first-order chi connectivity index (χ1) is 12.3. The van der Waals surface area contributed by atoms with Crippen LogP contribution in [0, 0.1) is 6.92 Å². The molecule has 1 aliphatic heterocycles. The highest BCUT2D eigenvalue weighted by molar-refractivity contribution is 5.57. The Bertz CT molecular complexity index is 841. The maximum absolute atomic E-state index is 6.02. The van der Waals surface area contributed by atoms with Gasteiger partial charge in [0.2, 0.25) is 0 Å². The Balaban J connectivity index is 1.52. The van der Waals surface area contributed by atoms with Crippen LogP contribution in [0.1, 0.15) is 12.1 Å². The highest BCUT2D eigenvalue weighted by atomic mass is 16.5. The van der Waals surface area contributed by atoms with Crippen LogP contribution in [0.2, 0.25) is 0 Å². The number of aromatic nitrogens is 4. The van der Waals surface area contributed by atoms with E-state index in [9.17, 15) is 0 Å². The lowest BCUT2D eigenvalue weighted by atomic mass is 10.2. The molecule has 1 atom stereocenters. The molecule has 1 aliphatic rings. The largest absolute Gasteiger partial charge is 0.487 e. The van der Waals surface area contributed by atoms with Gasteiger partial charge in [0.15, 0.2) is 5.82 Å². The van der Waals surface area contributed by atoms with Crippen molar-refractivity contribution < 1.29 is 4.74 Å². The molecule has 25 heavy (non-hydrogen) atoms. The fourth-order valence-corrected chi connectivity index (χ4v) is 2.99. The molecule has 0 bridgehead atoms. The SMILES string of the molecule is Cc1cc(N2CCC(Oc3cccnc3)C2)nc(-c2ccncc2)n1. The van der Waals surface area contributed by atoms with Gasteiger partial charge >= 0.3 is 0 Å². The number of pyridine rings is 2. The Hall–Kier alpha value is -3.02. The van der Waals surface area contributed by atoms with E-state index in [1.54, 1.807) is 24.8 Å². The summed E-state index contributed by atoms with van der Waals surface area (Å²) in [5, 5.41) is 0. The van der Waals surface area contributed by atoms with Gasteiger partial charge in [-0.3, -0.25) is 9.97 Å². The van der Waals surface area contributed by atoms with Gasteiger partial charge in [-0.15, -0.1) is 0 Å². The third-order valence-electron chi connectivity index (χ3n) is 4.19. The summed E-state index contributed by atoms with van der Waals surface area (Å²) >= 11 is 0. The van der Waals surface area contributed by atoms with Crippen molar-refractivity contribution in [2.75, 3.05) is 18.0 Å². The normalized spacial score (nSPS) is 16.8. The molecular formula is C19H19N5O. The number of nitrogens with zero attached hydrogens (tertiary/aromatic N) is 5. The van der Waals surface area contributed by atoms with E-state index in [-0.39, 0.29) is 6.10 Å². The number of anilines is 1. The molecule has 0 spiro atoms. The van der Waals surface area contributed by atoms with Crippen LogP contribution in [0.15, 0.2) is 55.1 Å². The van der Waals surface area contributed by atoms with Gasteiger partial charge < -0.3 is 9.64 Å². The van der Waals surface area contributed by atoms with Crippen molar-refractivity contribution in [2.24, 2.45) is 0 Å². The summed E-state index contributed by atoms with van der Waals surface area (Å²) in [5.41, 5.74) is 1.93. The average molecular weight is 333 g/mol. The summed E-state index contributed by atoms with van der Waals surface area (Å²) in [6.45, 7) is 3.72. The molecule has 1 fully saturated rings. The van der Waals surface area contributed by atoms with Crippen LogP contribution in [-0.4, -0.2) is 39.1 Å². The first kappa shape index (κ1) is 15.5. The number of rotatable bonds is 4. The molecule has 4 rings (SSSR count). The van der Waals surface area contributed by atoms with Crippen molar-refractivity contribution in [1.29, 1.82) is 0 Å². The lowest BCUT2D eigenvalue weighted by Crippen LogP contribution is -2.25. The van der Waals surface area contributed by atoms with E-state index in [1.807, 2.05) is 37.3 Å². The summed E-state index contributed by atoms with van der Waals surface area (Å²) in [6, 6.07) is 9.70. The van der Waals surface area contributed by atoms with Gasteiger partial charge in [0.25, 0.3) is 0 Å². The van der Waals surface area contributed by atoms with Gasteiger partial charge in [-0.25, -0.2) is 9.97 Å².